The molecular weight excluding hydrogens is 298 g/mol. The fraction of sp³-hybridized carbons (Fsp3) is 0.200. The molecule has 0 aliphatic heterocycles. The maximum absolute atomic E-state index is 13.8. The fourth-order valence-corrected chi connectivity index (χ4v) is 2.59. The summed E-state index contributed by atoms with van der Waals surface area (Å²) in [5.41, 5.74) is 3.44. The van der Waals surface area contributed by atoms with Crippen LogP contribution in [-0.4, -0.2) is 31.4 Å². The quantitative estimate of drug-likeness (QED) is 0.695. The van der Waals surface area contributed by atoms with Crippen LogP contribution < -0.4 is 10.5 Å². The van der Waals surface area contributed by atoms with Crippen molar-refractivity contribution in [2.45, 2.75) is 17.9 Å². The number of nitrogens with one attached hydrogen (secondary N) is 1. The summed E-state index contributed by atoms with van der Waals surface area (Å²) in [6.45, 7) is 1.11. The Balaban J connectivity index is 3.37. The molecule has 1 unspecified atom stereocenters. The van der Waals surface area contributed by atoms with Crippen molar-refractivity contribution in [1.82, 2.24) is 4.72 Å². The second-order valence-corrected chi connectivity index (χ2v) is 5.47. The van der Waals surface area contributed by atoms with Crippen LogP contribution in [0.4, 0.5) is 8.78 Å². The van der Waals surface area contributed by atoms with Crippen molar-refractivity contribution in [1.29, 1.82) is 0 Å². The zero-order chi connectivity index (χ0) is 15.7. The van der Waals surface area contributed by atoms with Crippen molar-refractivity contribution in [3.8, 4) is 0 Å². The zero-order valence-corrected chi connectivity index (χ0v) is 10.9. The van der Waals surface area contributed by atoms with Gasteiger partial charge in [0.25, 0.3) is 0 Å². The summed E-state index contributed by atoms with van der Waals surface area (Å²) in [6, 6.07) is -0.304. The largest absolute Gasteiger partial charge is 0.477 e. The molecule has 1 aromatic carbocycles. The number of rotatable bonds is 5. The summed E-state index contributed by atoms with van der Waals surface area (Å²) < 4.78 is 52.2. The van der Waals surface area contributed by atoms with Gasteiger partial charge < -0.3 is 10.8 Å². The smallest absolute Gasteiger partial charge is 0.341 e. The van der Waals surface area contributed by atoms with E-state index in [1.807, 2.05) is 0 Å². The van der Waals surface area contributed by atoms with Gasteiger partial charge in [0.1, 0.15) is 16.3 Å². The standard InChI is InChI=1S/C10H10F2N2O5S/c1-4(9(13)15)14-20(18,19)6-3-2-5(11)7(8(6)12)10(16)17/h2-4,14H,1H3,(H2,13,15)(H,16,17). The molecule has 0 fully saturated rings. The van der Waals surface area contributed by atoms with Crippen molar-refractivity contribution in [2.24, 2.45) is 5.73 Å². The average molecular weight is 308 g/mol. The van der Waals surface area contributed by atoms with Crippen LogP contribution in [0, 0.1) is 11.6 Å². The third kappa shape index (κ3) is 3.08. The van der Waals surface area contributed by atoms with E-state index in [-0.39, 0.29) is 0 Å². The van der Waals surface area contributed by atoms with Crippen molar-refractivity contribution in [2.75, 3.05) is 0 Å². The van der Waals surface area contributed by atoms with Crippen molar-refractivity contribution < 1.29 is 31.9 Å². The molecule has 1 rings (SSSR count). The van der Waals surface area contributed by atoms with Gasteiger partial charge in [-0.1, -0.05) is 0 Å². The maximum Gasteiger partial charge on any atom is 0.341 e. The Kier molecular flexibility index (Phi) is 4.40. The first-order chi connectivity index (χ1) is 9.08. The molecule has 1 amide bonds. The van der Waals surface area contributed by atoms with Gasteiger partial charge in [0.2, 0.25) is 15.9 Å². The first-order valence-corrected chi connectivity index (χ1v) is 6.59. The van der Waals surface area contributed by atoms with Crippen LogP contribution in [0.1, 0.15) is 17.3 Å². The van der Waals surface area contributed by atoms with E-state index in [1.165, 1.54) is 0 Å². The van der Waals surface area contributed by atoms with Crippen molar-refractivity contribution in [3.05, 3.63) is 29.3 Å². The summed E-state index contributed by atoms with van der Waals surface area (Å²) in [6.07, 6.45) is 0. The van der Waals surface area contributed by atoms with E-state index in [0.29, 0.717) is 12.1 Å². The lowest BCUT2D eigenvalue weighted by Crippen LogP contribution is -2.42. The molecule has 110 valence electrons. The Hall–Kier alpha value is -2.07. The third-order valence-corrected chi connectivity index (χ3v) is 3.88. The molecule has 0 saturated carbocycles. The number of nitrogens with two attached hydrogens (primary N) is 1. The van der Waals surface area contributed by atoms with E-state index in [4.69, 9.17) is 10.8 Å². The first kappa shape index (κ1) is 16.0. The van der Waals surface area contributed by atoms with E-state index < -0.39 is 50.0 Å². The molecule has 20 heavy (non-hydrogen) atoms. The van der Waals surface area contributed by atoms with Gasteiger partial charge in [-0.05, 0) is 19.1 Å². The second kappa shape index (κ2) is 5.51. The number of halogens is 2. The van der Waals surface area contributed by atoms with Crippen LogP contribution >= 0.6 is 0 Å². The normalized spacial score (nSPS) is 12.9. The predicted octanol–water partition coefficient (Wildman–Crippen LogP) is -0.185. The summed E-state index contributed by atoms with van der Waals surface area (Å²) in [7, 11) is -4.56. The molecular formula is C10H10F2N2O5S. The molecule has 10 heteroatoms. The topological polar surface area (TPSA) is 127 Å². The maximum atomic E-state index is 13.8. The molecule has 0 spiro atoms. The van der Waals surface area contributed by atoms with Crippen molar-refractivity contribution in [3.63, 3.8) is 0 Å². The van der Waals surface area contributed by atoms with Gasteiger partial charge in [0.15, 0.2) is 5.82 Å². The summed E-state index contributed by atoms with van der Waals surface area (Å²) in [5, 5.41) is 8.64. The summed E-state index contributed by atoms with van der Waals surface area (Å²) in [5.74, 6) is -6.16. The Morgan fingerprint density at radius 1 is 1.35 bits per heavy atom. The molecule has 4 N–H and O–H groups in total. The average Bonchev–Trinajstić information content (AvgIpc) is 2.26. The Labute approximate surface area is 112 Å². The Morgan fingerprint density at radius 3 is 2.35 bits per heavy atom. The van der Waals surface area contributed by atoms with Crippen LogP contribution in [0.5, 0.6) is 0 Å². The highest BCUT2D eigenvalue weighted by molar-refractivity contribution is 7.89. The number of benzene rings is 1. The highest BCUT2D eigenvalue weighted by atomic mass is 32.2. The number of sulfonamides is 1. The number of carboxylic acid groups (broad SMARTS) is 1. The Bertz CT molecular complexity index is 674. The van der Waals surface area contributed by atoms with Gasteiger partial charge in [-0.2, -0.15) is 4.72 Å². The lowest BCUT2D eigenvalue weighted by molar-refractivity contribution is -0.119. The molecule has 7 nitrogen and oxygen atoms in total. The monoisotopic (exact) mass is 308 g/mol. The predicted molar refractivity (Wildman–Crippen MR) is 62.3 cm³/mol. The van der Waals surface area contributed by atoms with Gasteiger partial charge in [0, 0.05) is 0 Å². The number of amides is 1. The molecule has 0 radical (unpaired) electrons. The van der Waals surface area contributed by atoms with Gasteiger partial charge in [-0.25, -0.2) is 22.0 Å². The number of carboxylic acids is 1. The second-order valence-electron chi connectivity index (χ2n) is 3.79. The molecule has 0 saturated heterocycles. The van der Waals surface area contributed by atoms with E-state index >= 15 is 0 Å². The minimum absolute atomic E-state index is 0.496. The summed E-state index contributed by atoms with van der Waals surface area (Å²) >= 11 is 0. The minimum Gasteiger partial charge on any atom is -0.477 e. The van der Waals surface area contributed by atoms with Crippen LogP contribution in [0.25, 0.3) is 0 Å². The van der Waals surface area contributed by atoms with Crippen LogP contribution in [-0.2, 0) is 14.8 Å². The molecule has 0 bridgehead atoms. The molecule has 1 aromatic rings. The lowest BCUT2D eigenvalue weighted by atomic mass is 10.2. The van der Waals surface area contributed by atoms with Crippen LogP contribution in [0.2, 0.25) is 0 Å². The van der Waals surface area contributed by atoms with Gasteiger partial charge >= 0.3 is 5.97 Å². The number of carbonyl (C=O) groups excluding carboxylic acids is 1. The molecule has 0 heterocycles. The minimum atomic E-state index is -4.56. The summed E-state index contributed by atoms with van der Waals surface area (Å²) in [4.78, 5) is 20.4. The lowest BCUT2D eigenvalue weighted by Gasteiger charge is -2.12. The number of hydrogen-bond donors (Lipinski definition) is 3. The number of hydrogen-bond acceptors (Lipinski definition) is 4. The van der Waals surface area contributed by atoms with E-state index in [0.717, 1.165) is 6.92 Å². The Morgan fingerprint density at radius 2 is 1.90 bits per heavy atom. The van der Waals surface area contributed by atoms with E-state index in [9.17, 15) is 26.8 Å². The highest BCUT2D eigenvalue weighted by Gasteiger charge is 2.28. The SMILES string of the molecule is CC(NS(=O)(=O)c1ccc(F)c(C(=O)O)c1F)C(N)=O. The van der Waals surface area contributed by atoms with E-state index in [1.54, 1.807) is 4.72 Å². The number of primary amides is 1. The van der Waals surface area contributed by atoms with Gasteiger partial charge in [0.05, 0.1) is 6.04 Å². The van der Waals surface area contributed by atoms with Gasteiger partial charge in [-0.15, -0.1) is 0 Å². The van der Waals surface area contributed by atoms with Crippen molar-refractivity contribution >= 4 is 21.9 Å². The van der Waals surface area contributed by atoms with E-state index in [2.05, 4.69) is 0 Å². The van der Waals surface area contributed by atoms with Gasteiger partial charge in [-0.3, -0.25) is 4.79 Å². The van der Waals surface area contributed by atoms with Crippen LogP contribution in [0.15, 0.2) is 17.0 Å². The molecule has 1 atom stereocenters. The third-order valence-electron chi connectivity index (χ3n) is 2.32. The molecule has 0 aliphatic carbocycles. The molecule has 0 aromatic heterocycles. The fourth-order valence-electron chi connectivity index (χ4n) is 1.29. The first-order valence-electron chi connectivity index (χ1n) is 5.11. The number of aromatic carboxylic acids is 1. The highest BCUT2D eigenvalue weighted by Crippen LogP contribution is 2.21. The van der Waals surface area contributed by atoms with Crippen LogP contribution in [0.3, 0.4) is 0 Å². The number of carbonyl (C=O) groups is 2. The molecule has 0 aliphatic rings. The zero-order valence-electron chi connectivity index (χ0n) is 10.1.